The van der Waals surface area contributed by atoms with Gasteiger partial charge in [-0.05, 0) is 41.6 Å². The number of carbonyl (C=O) groups excluding carboxylic acids is 2. The molecule has 1 aromatic carbocycles. The Hall–Kier alpha value is -1.85. The van der Waals surface area contributed by atoms with Gasteiger partial charge in [-0.3, -0.25) is 4.79 Å². The molecule has 4 nitrogen and oxygen atoms in total. The molecule has 2 heterocycles. The van der Waals surface area contributed by atoms with Gasteiger partial charge in [0.2, 0.25) is 0 Å². The molecule has 2 aromatic rings. The number of hydrogen-bond acceptors (Lipinski definition) is 4. The summed E-state index contributed by atoms with van der Waals surface area (Å²) in [5.41, 5.74) is 1.33. The molecule has 0 saturated heterocycles. The van der Waals surface area contributed by atoms with Gasteiger partial charge in [-0.2, -0.15) is 0 Å². The fourth-order valence-electron chi connectivity index (χ4n) is 2.69. The third-order valence-corrected chi connectivity index (χ3v) is 4.95. The lowest BCUT2D eigenvalue weighted by molar-refractivity contribution is -0.146. The lowest BCUT2D eigenvalue weighted by Gasteiger charge is -2.34. The molecule has 1 aliphatic heterocycles. The van der Waals surface area contributed by atoms with Gasteiger partial charge >= 0.3 is 5.97 Å². The quantitative estimate of drug-likeness (QED) is 0.791. The van der Waals surface area contributed by atoms with Crippen LogP contribution in [0.4, 0.5) is 0 Å². The summed E-state index contributed by atoms with van der Waals surface area (Å²) in [4.78, 5) is 27.7. The molecule has 114 valence electrons. The van der Waals surface area contributed by atoms with E-state index in [1.54, 1.807) is 40.5 Å². The highest BCUT2D eigenvalue weighted by Gasteiger charge is 2.37. The number of ether oxygens (including phenoxy) is 1. The highest BCUT2D eigenvalue weighted by molar-refractivity contribution is 7.10. The zero-order chi connectivity index (χ0) is 15.7. The molecule has 1 aliphatic rings. The van der Waals surface area contributed by atoms with Crippen LogP contribution in [0.2, 0.25) is 5.02 Å². The first-order valence-corrected chi connectivity index (χ1v) is 8.08. The van der Waals surface area contributed by atoms with Gasteiger partial charge in [0.05, 0.1) is 7.11 Å². The summed E-state index contributed by atoms with van der Waals surface area (Å²) in [6.45, 7) is 0.485. The van der Waals surface area contributed by atoms with Gasteiger partial charge in [-0.1, -0.05) is 17.7 Å². The topological polar surface area (TPSA) is 46.6 Å². The molecular weight excluding hydrogens is 322 g/mol. The van der Waals surface area contributed by atoms with Gasteiger partial charge in [0.15, 0.2) is 6.04 Å². The Morgan fingerprint density at radius 2 is 2.18 bits per heavy atom. The maximum Gasteiger partial charge on any atom is 0.333 e. The van der Waals surface area contributed by atoms with E-state index in [4.69, 9.17) is 16.3 Å². The monoisotopic (exact) mass is 335 g/mol. The molecule has 0 spiro atoms. The van der Waals surface area contributed by atoms with Gasteiger partial charge in [0.25, 0.3) is 5.91 Å². The SMILES string of the molecule is COC(=O)C1c2ccsc2CCN1C(=O)c1cccc(Cl)c1. The summed E-state index contributed by atoms with van der Waals surface area (Å²) in [5, 5.41) is 2.43. The van der Waals surface area contributed by atoms with E-state index in [0.717, 1.165) is 16.9 Å². The molecule has 3 rings (SSSR count). The van der Waals surface area contributed by atoms with Crippen LogP contribution < -0.4 is 0 Å². The maximum atomic E-state index is 12.8. The smallest absolute Gasteiger partial charge is 0.333 e. The fraction of sp³-hybridized carbons (Fsp3) is 0.250. The molecule has 0 bridgehead atoms. The summed E-state index contributed by atoms with van der Waals surface area (Å²) in [6.07, 6.45) is 0.743. The number of thiophene rings is 1. The third-order valence-electron chi connectivity index (χ3n) is 3.72. The predicted octanol–water partition coefficient (Wildman–Crippen LogP) is 3.31. The Morgan fingerprint density at radius 3 is 2.91 bits per heavy atom. The highest BCUT2D eigenvalue weighted by Crippen LogP contribution is 2.35. The van der Waals surface area contributed by atoms with E-state index in [0.29, 0.717) is 17.1 Å². The fourth-order valence-corrected chi connectivity index (χ4v) is 3.78. The minimum absolute atomic E-state index is 0.213. The minimum Gasteiger partial charge on any atom is -0.467 e. The number of hydrogen-bond donors (Lipinski definition) is 0. The Morgan fingerprint density at radius 1 is 1.36 bits per heavy atom. The Labute approximate surface area is 137 Å². The van der Waals surface area contributed by atoms with Crippen LogP contribution >= 0.6 is 22.9 Å². The van der Waals surface area contributed by atoms with Crippen LogP contribution in [-0.2, 0) is 16.0 Å². The Kier molecular flexibility index (Phi) is 4.18. The summed E-state index contributed by atoms with van der Waals surface area (Å²) >= 11 is 7.56. The van der Waals surface area contributed by atoms with E-state index in [-0.39, 0.29) is 5.91 Å². The van der Waals surface area contributed by atoms with Crippen molar-refractivity contribution in [1.82, 2.24) is 4.90 Å². The van der Waals surface area contributed by atoms with Crippen LogP contribution in [0, 0.1) is 0 Å². The lowest BCUT2D eigenvalue weighted by Crippen LogP contribution is -2.43. The molecule has 1 unspecified atom stereocenters. The lowest BCUT2D eigenvalue weighted by atomic mass is 9.99. The predicted molar refractivity (Wildman–Crippen MR) is 85.3 cm³/mol. The van der Waals surface area contributed by atoms with Gasteiger partial charge in [0, 0.05) is 22.0 Å². The van der Waals surface area contributed by atoms with Crippen LogP contribution in [0.1, 0.15) is 26.8 Å². The molecule has 0 radical (unpaired) electrons. The second kappa shape index (κ2) is 6.10. The Bertz CT molecular complexity index is 728. The normalized spacial score (nSPS) is 17.0. The van der Waals surface area contributed by atoms with Crippen molar-refractivity contribution in [3.05, 3.63) is 56.7 Å². The van der Waals surface area contributed by atoms with E-state index in [1.807, 2.05) is 11.4 Å². The van der Waals surface area contributed by atoms with Crippen molar-refractivity contribution in [1.29, 1.82) is 0 Å². The van der Waals surface area contributed by atoms with Crippen molar-refractivity contribution in [2.45, 2.75) is 12.5 Å². The molecule has 1 amide bonds. The molecule has 0 aliphatic carbocycles. The van der Waals surface area contributed by atoms with Gasteiger partial charge in [-0.15, -0.1) is 11.3 Å². The van der Waals surface area contributed by atoms with Gasteiger partial charge in [-0.25, -0.2) is 4.79 Å². The molecule has 6 heteroatoms. The summed E-state index contributed by atoms with van der Waals surface area (Å²) in [5.74, 6) is -0.635. The van der Waals surface area contributed by atoms with Crippen molar-refractivity contribution in [2.24, 2.45) is 0 Å². The second-order valence-electron chi connectivity index (χ2n) is 4.98. The van der Waals surface area contributed by atoms with Crippen LogP contribution in [0.3, 0.4) is 0 Å². The van der Waals surface area contributed by atoms with E-state index in [9.17, 15) is 9.59 Å². The highest BCUT2D eigenvalue weighted by atomic mass is 35.5. The molecule has 22 heavy (non-hydrogen) atoms. The average molecular weight is 336 g/mol. The van der Waals surface area contributed by atoms with Crippen molar-refractivity contribution in [3.8, 4) is 0 Å². The molecule has 1 atom stereocenters. The standard InChI is InChI=1S/C16H14ClNO3S/c1-21-16(20)14-12-6-8-22-13(12)5-7-18(14)15(19)10-3-2-4-11(17)9-10/h2-4,6,8-9,14H,5,7H2,1H3. The van der Waals surface area contributed by atoms with Crippen molar-refractivity contribution < 1.29 is 14.3 Å². The van der Waals surface area contributed by atoms with Crippen LogP contribution in [0.5, 0.6) is 0 Å². The number of methoxy groups -OCH3 is 1. The van der Waals surface area contributed by atoms with Crippen LogP contribution in [0.15, 0.2) is 35.7 Å². The maximum absolute atomic E-state index is 12.8. The van der Waals surface area contributed by atoms with Crippen LogP contribution in [-0.4, -0.2) is 30.4 Å². The molecular formula is C16H14ClNO3S. The molecule has 1 aromatic heterocycles. The van der Waals surface area contributed by atoms with Crippen molar-refractivity contribution in [2.75, 3.05) is 13.7 Å². The van der Waals surface area contributed by atoms with E-state index >= 15 is 0 Å². The first kappa shape index (κ1) is 15.1. The summed E-state index contributed by atoms with van der Waals surface area (Å²) in [7, 11) is 1.34. The summed E-state index contributed by atoms with van der Waals surface area (Å²) in [6, 6.07) is 7.95. The first-order valence-electron chi connectivity index (χ1n) is 6.82. The zero-order valence-corrected chi connectivity index (χ0v) is 13.5. The van der Waals surface area contributed by atoms with E-state index in [1.165, 1.54) is 7.11 Å². The number of benzene rings is 1. The van der Waals surface area contributed by atoms with Gasteiger partial charge < -0.3 is 9.64 Å². The number of nitrogens with zero attached hydrogens (tertiary/aromatic N) is 1. The zero-order valence-electron chi connectivity index (χ0n) is 11.9. The summed E-state index contributed by atoms with van der Waals surface area (Å²) < 4.78 is 4.90. The van der Waals surface area contributed by atoms with Crippen molar-refractivity contribution in [3.63, 3.8) is 0 Å². The number of halogens is 1. The molecule has 0 saturated carbocycles. The molecule has 0 fully saturated rings. The third kappa shape index (κ3) is 2.62. The molecule has 0 N–H and O–H groups in total. The number of amides is 1. The Balaban J connectivity index is 1.98. The van der Waals surface area contributed by atoms with Gasteiger partial charge in [0.1, 0.15) is 0 Å². The first-order chi connectivity index (χ1) is 10.6. The average Bonchev–Trinajstić information content (AvgIpc) is 3.01. The van der Waals surface area contributed by atoms with Crippen LogP contribution in [0.25, 0.3) is 0 Å². The number of carbonyl (C=O) groups is 2. The minimum atomic E-state index is -0.688. The second-order valence-corrected chi connectivity index (χ2v) is 6.42. The number of rotatable bonds is 2. The van der Waals surface area contributed by atoms with Crippen molar-refractivity contribution >= 4 is 34.8 Å². The van der Waals surface area contributed by atoms with E-state index < -0.39 is 12.0 Å². The van der Waals surface area contributed by atoms with E-state index in [2.05, 4.69) is 0 Å². The number of esters is 1. The largest absolute Gasteiger partial charge is 0.467 e. The number of fused-ring (bicyclic) bond motifs is 1.